The van der Waals surface area contributed by atoms with Gasteiger partial charge in [-0.15, -0.1) is 0 Å². The standard InChI is InChI=1S/C10H13O5P/c11-10(12)9(7-16(13,14)15)6-8-4-2-1-3-5-8/h1-5,9H,6-7H2,(H,11,12)(H2,13,14,15). The van der Waals surface area contributed by atoms with Crippen LogP contribution < -0.4 is 0 Å². The molecule has 0 heterocycles. The Morgan fingerprint density at radius 2 is 1.81 bits per heavy atom. The number of carbonyl (C=O) groups is 1. The van der Waals surface area contributed by atoms with Crippen molar-refractivity contribution in [3.8, 4) is 0 Å². The number of rotatable bonds is 5. The molecule has 0 amide bonds. The smallest absolute Gasteiger partial charge is 0.326 e. The van der Waals surface area contributed by atoms with E-state index in [-0.39, 0.29) is 6.42 Å². The topological polar surface area (TPSA) is 94.8 Å². The number of hydrogen-bond donors (Lipinski definition) is 3. The zero-order chi connectivity index (χ0) is 12.2. The highest BCUT2D eigenvalue weighted by Gasteiger charge is 2.27. The van der Waals surface area contributed by atoms with Crippen LogP contribution in [0.25, 0.3) is 0 Å². The Bertz CT molecular complexity index is 397. The first-order chi connectivity index (χ1) is 7.38. The van der Waals surface area contributed by atoms with Gasteiger partial charge in [-0.25, -0.2) is 0 Å². The molecule has 1 unspecified atom stereocenters. The quantitative estimate of drug-likeness (QED) is 0.674. The van der Waals surface area contributed by atoms with Crippen molar-refractivity contribution in [3.63, 3.8) is 0 Å². The molecule has 0 spiro atoms. The van der Waals surface area contributed by atoms with Crippen molar-refractivity contribution >= 4 is 13.6 Å². The van der Waals surface area contributed by atoms with Gasteiger partial charge in [-0.3, -0.25) is 9.36 Å². The Balaban J connectivity index is 2.73. The lowest BCUT2D eigenvalue weighted by atomic mass is 10.0. The van der Waals surface area contributed by atoms with Crippen LogP contribution in [0.4, 0.5) is 0 Å². The lowest BCUT2D eigenvalue weighted by Crippen LogP contribution is -2.20. The lowest BCUT2D eigenvalue weighted by Gasteiger charge is -2.13. The first-order valence-electron chi connectivity index (χ1n) is 4.70. The van der Waals surface area contributed by atoms with Crippen molar-refractivity contribution in [2.24, 2.45) is 5.92 Å². The molecule has 1 aromatic carbocycles. The Morgan fingerprint density at radius 1 is 1.25 bits per heavy atom. The monoisotopic (exact) mass is 244 g/mol. The van der Waals surface area contributed by atoms with Gasteiger partial charge >= 0.3 is 13.6 Å². The van der Waals surface area contributed by atoms with Gasteiger partial charge in [-0.05, 0) is 12.0 Å². The zero-order valence-corrected chi connectivity index (χ0v) is 9.38. The molecule has 0 aliphatic rings. The van der Waals surface area contributed by atoms with Gasteiger partial charge in [0.2, 0.25) is 0 Å². The van der Waals surface area contributed by atoms with Crippen LogP contribution >= 0.6 is 7.60 Å². The maximum absolute atomic E-state index is 10.8. The third kappa shape index (κ3) is 4.57. The highest BCUT2D eigenvalue weighted by Crippen LogP contribution is 2.37. The minimum atomic E-state index is -4.29. The van der Waals surface area contributed by atoms with E-state index < -0.39 is 25.6 Å². The molecule has 0 saturated carbocycles. The van der Waals surface area contributed by atoms with Crippen molar-refractivity contribution < 1.29 is 24.3 Å². The number of carboxylic acids is 1. The first-order valence-corrected chi connectivity index (χ1v) is 6.49. The highest BCUT2D eigenvalue weighted by molar-refractivity contribution is 7.51. The van der Waals surface area contributed by atoms with Crippen molar-refractivity contribution in [3.05, 3.63) is 35.9 Å². The lowest BCUT2D eigenvalue weighted by molar-refractivity contribution is -0.141. The number of hydrogen-bond acceptors (Lipinski definition) is 2. The van der Waals surface area contributed by atoms with Crippen LogP contribution in [0.1, 0.15) is 5.56 Å². The second kappa shape index (κ2) is 5.25. The Hall–Kier alpha value is -1.16. The summed E-state index contributed by atoms with van der Waals surface area (Å²) in [6.07, 6.45) is -0.501. The Morgan fingerprint density at radius 3 is 2.25 bits per heavy atom. The summed E-state index contributed by atoms with van der Waals surface area (Å²) in [5.74, 6) is -2.24. The van der Waals surface area contributed by atoms with E-state index in [0.717, 1.165) is 5.56 Å². The largest absolute Gasteiger partial charge is 0.481 e. The Labute approximate surface area is 92.9 Å². The average molecular weight is 244 g/mol. The molecule has 88 valence electrons. The van der Waals surface area contributed by atoms with Crippen LogP contribution in [0.5, 0.6) is 0 Å². The van der Waals surface area contributed by atoms with E-state index in [0.29, 0.717) is 0 Å². The predicted octanol–water partition coefficient (Wildman–Crippen LogP) is 1.11. The minimum absolute atomic E-state index is 0.126. The highest BCUT2D eigenvalue weighted by atomic mass is 31.2. The molecular weight excluding hydrogens is 231 g/mol. The molecule has 16 heavy (non-hydrogen) atoms. The SMILES string of the molecule is O=C(O)C(Cc1ccccc1)CP(=O)(O)O. The molecule has 0 bridgehead atoms. The van der Waals surface area contributed by atoms with Gasteiger partial charge in [0.25, 0.3) is 0 Å². The fraction of sp³-hybridized carbons (Fsp3) is 0.300. The summed E-state index contributed by atoms with van der Waals surface area (Å²) in [5, 5.41) is 8.85. The van der Waals surface area contributed by atoms with Crippen molar-refractivity contribution in [2.75, 3.05) is 6.16 Å². The molecule has 0 aromatic heterocycles. The van der Waals surface area contributed by atoms with Crippen LogP contribution in [-0.4, -0.2) is 27.0 Å². The maximum Gasteiger partial charge on any atom is 0.326 e. The number of benzene rings is 1. The fourth-order valence-electron chi connectivity index (χ4n) is 1.42. The molecule has 1 aromatic rings. The average Bonchev–Trinajstić information content (AvgIpc) is 2.16. The van der Waals surface area contributed by atoms with Gasteiger partial charge in [0.15, 0.2) is 0 Å². The predicted molar refractivity (Wildman–Crippen MR) is 58.2 cm³/mol. The molecule has 5 nitrogen and oxygen atoms in total. The van der Waals surface area contributed by atoms with Crippen LogP contribution in [0, 0.1) is 5.92 Å². The summed E-state index contributed by atoms with van der Waals surface area (Å²) in [7, 11) is -4.29. The molecule has 0 radical (unpaired) electrons. The summed E-state index contributed by atoms with van der Waals surface area (Å²) in [5.41, 5.74) is 0.753. The molecule has 0 aliphatic heterocycles. The molecular formula is C10H13O5P. The van der Waals surface area contributed by atoms with E-state index in [1.807, 2.05) is 0 Å². The van der Waals surface area contributed by atoms with E-state index in [1.165, 1.54) is 0 Å². The molecule has 0 saturated heterocycles. The minimum Gasteiger partial charge on any atom is -0.481 e. The first kappa shape index (κ1) is 12.9. The number of carboxylic acid groups (broad SMARTS) is 1. The molecule has 1 atom stereocenters. The second-order valence-electron chi connectivity index (χ2n) is 3.57. The summed E-state index contributed by atoms with van der Waals surface area (Å²) >= 11 is 0. The summed E-state index contributed by atoms with van der Waals surface area (Å²) in [6, 6.07) is 8.77. The Kier molecular flexibility index (Phi) is 4.24. The molecule has 0 aliphatic carbocycles. The molecule has 6 heteroatoms. The molecule has 0 fully saturated rings. The van der Waals surface area contributed by atoms with Crippen molar-refractivity contribution in [1.29, 1.82) is 0 Å². The van der Waals surface area contributed by atoms with Crippen molar-refractivity contribution in [2.45, 2.75) is 6.42 Å². The van der Waals surface area contributed by atoms with Gasteiger partial charge in [0.05, 0.1) is 12.1 Å². The van der Waals surface area contributed by atoms with Crippen LogP contribution in [0.15, 0.2) is 30.3 Å². The summed E-state index contributed by atoms with van der Waals surface area (Å²) < 4.78 is 10.8. The summed E-state index contributed by atoms with van der Waals surface area (Å²) in [6.45, 7) is 0. The van der Waals surface area contributed by atoms with Crippen LogP contribution in [0.2, 0.25) is 0 Å². The van der Waals surface area contributed by atoms with E-state index in [4.69, 9.17) is 14.9 Å². The van der Waals surface area contributed by atoms with Gasteiger partial charge in [-0.2, -0.15) is 0 Å². The van der Waals surface area contributed by atoms with E-state index in [2.05, 4.69) is 0 Å². The third-order valence-corrected chi connectivity index (χ3v) is 3.05. The van der Waals surface area contributed by atoms with Gasteiger partial charge in [-0.1, -0.05) is 30.3 Å². The molecule has 3 N–H and O–H groups in total. The van der Waals surface area contributed by atoms with Crippen molar-refractivity contribution in [1.82, 2.24) is 0 Å². The van der Waals surface area contributed by atoms with E-state index in [1.54, 1.807) is 30.3 Å². The van der Waals surface area contributed by atoms with E-state index >= 15 is 0 Å². The second-order valence-corrected chi connectivity index (χ2v) is 5.27. The maximum atomic E-state index is 10.8. The van der Waals surface area contributed by atoms with Crippen LogP contribution in [0.3, 0.4) is 0 Å². The third-order valence-electron chi connectivity index (χ3n) is 2.13. The summed E-state index contributed by atoms with van der Waals surface area (Å²) in [4.78, 5) is 28.4. The normalized spacial score (nSPS) is 13.4. The molecule has 1 rings (SSSR count). The van der Waals surface area contributed by atoms with Gasteiger partial charge in [0.1, 0.15) is 0 Å². The van der Waals surface area contributed by atoms with Gasteiger partial charge in [0, 0.05) is 0 Å². The zero-order valence-electron chi connectivity index (χ0n) is 8.48. The fourth-order valence-corrected chi connectivity index (χ4v) is 2.28. The van der Waals surface area contributed by atoms with Crippen LogP contribution in [-0.2, 0) is 15.8 Å². The van der Waals surface area contributed by atoms with Gasteiger partial charge < -0.3 is 14.9 Å². The van der Waals surface area contributed by atoms with E-state index in [9.17, 15) is 9.36 Å². The number of aliphatic carboxylic acids is 1.